The summed E-state index contributed by atoms with van der Waals surface area (Å²) in [5.74, 6) is 1.47. The van der Waals surface area contributed by atoms with E-state index >= 15 is 0 Å². The third-order valence-electron chi connectivity index (χ3n) is 3.53. The normalized spacial score (nSPS) is 12.5. The Morgan fingerprint density at radius 3 is 2.62 bits per heavy atom. The van der Waals surface area contributed by atoms with Crippen molar-refractivity contribution in [1.82, 2.24) is 15.5 Å². The number of nitrogens with zero attached hydrogens (tertiary/aromatic N) is 2. The molecule has 0 saturated carbocycles. The summed E-state index contributed by atoms with van der Waals surface area (Å²) in [4.78, 5) is 0. The average molecular weight is 287 g/mol. The Morgan fingerprint density at radius 2 is 1.90 bits per heavy atom. The molecule has 0 spiro atoms. The molecule has 1 unspecified atom stereocenters. The Balaban J connectivity index is 1.82. The average Bonchev–Trinajstić information content (AvgIpc) is 2.98. The minimum Gasteiger partial charge on any atom is -0.424 e. The van der Waals surface area contributed by atoms with E-state index in [-0.39, 0.29) is 6.04 Å². The van der Waals surface area contributed by atoms with Gasteiger partial charge >= 0.3 is 0 Å². The molecule has 0 aliphatic carbocycles. The zero-order valence-electron chi connectivity index (χ0n) is 13.0. The molecule has 114 valence electrons. The van der Waals surface area contributed by atoms with Crippen molar-refractivity contribution in [3.8, 4) is 0 Å². The maximum Gasteiger partial charge on any atom is 0.233 e. The Kier molecular flexibility index (Phi) is 6.41. The van der Waals surface area contributed by atoms with Gasteiger partial charge in [-0.2, -0.15) is 0 Å². The highest BCUT2D eigenvalue weighted by Crippen LogP contribution is 2.16. The van der Waals surface area contributed by atoms with Crippen LogP contribution in [-0.2, 0) is 12.8 Å². The third kappa shape index (κ3) is 4.97. The van der Waals surface area contributed by atoms with E-state index in [4.69, 9.17) is 4.42 Å². The number of hydrogen-bond acceptors (Lipinski definition) is 4. The second-order valence-electron chi connectivity index (χ2n) is 5.29. The van der Waals surface area contributed by atoms with Crippen LogP contribution in [0.25, 0.3) is 0 Å². The lowest BCUT2D eigenvalue weighted by Crippen LogP contribution is -2.21. The monoisotopic (exact) mass is 287 g/mol. The summed E-state index contributed by atoms with van der Waals surface area (Å²) < 4.78 is 5.79. The molecule has 4 nitrogen and oxygen atoms in total. The molecule has 1 aromatic carbocycles. The van der Waals surface area contributed by atoms with Crippen LogP contribution in [0.4, 0.5) is 0 Å². The van der Waals surface area contributed by atoms with Crippen LogP contribution in [0.15, 0.2) is 34.7 Å². The van der Waals surface area contributed by atoms with E-state index in [0.29, 0.717) is 0 Å². The minimum absolute atomic E-state index is 0.181. The Bertz CT molecular complexity index is 510. The quantitative estimate of drug-likeness (QED) is 0.764. The van der Waals surface area contributed by atoms with Gasteiger partial charge in [-0.15, -0.1) is 10.2 Å². The fourth-order valence-electron chi connectivity index (χ4n) is 2.32. The number of rotatable bonds is 9. The summed E-state index contributed by atoms with van der Waals surface area (Å²) in [7, 11) is 0. The molecule has 1 atom stereocenters. The molecule has 1 aromatic heterocycles. The summed E-state index contributed by atoms with van der Waals surface area (Å²) >= 11 is 0. The molecule has 0 aliphatic rings. The van der Waals surface area contributed by atoms with Gasteiger partial charge in [0.05, 0.1) is 6.04 Å². The predicted octanol–water partition coefficient (Wildman–Crippen LogP) is 3.70. The van der Waals surface area contributed by atoms with E-state index in [9.17, 15) is 0 Å². The highest BCUT2D eigenvalue weighted by Gasteiger charge is 2.15. The highest BCUT2D eigenvalue weighted by molar-refractivity contribution is 5.14. The molecule has 2 rings (SSSR count). The standard InChI is InChI=1S/C17H25N3O/c1-3-13-18-15(4-2)17-20-19-16(21-17)12-8-11-14-9-6-5-7-10-14/h5-7,9-10,15,18H,3-4,8,11-13H2,1-2H3. The topological polar surface area (TPSA) is 51.0 Å². The molecule has 0 aliphatic heterocycles. The van der Waals surface area contributed by atoms with E-state index < -0.39 is 0 Å². The molecule has 0 fully saturated rings. The summed E-state index contributed by atoms with van der Waals surface area (Å²) in [6.45, 7) is 5.26. The molecule has 4 heteroatoms. The first-order chi connectivity index (χ1) is 10.3. The van der Waals surface area contributed by atoms with Crippen LogP contribution in [0, 0.1) is 0 Å². The molecular weight excluding hydrogens is 262 g/mol. The van der Waals surface area contributed by atoms with Gasteiger partial charge in [0.15, 0.2) is 0 Å². The lowest BCUT2D eigenvalue weighted by Gasteiger charge is -2.11. The molecule has 2 aromatic rings. The Morgan fingerprint density at radius 1 is 1.10 bits per heavy atom. The van der Waals surface area contributed by atoms with E-state index in [0.717, 1.165) is 50.4 Å². The first-order valence-electron chi connectivity index (χ1n) is 7.93. The van der Waals surface area contributed by atoms with Crippen molar-refractivity contribution in [3.05, 3.63) is 47.7 Å². The molecule has 21 heavy (non-hydrogen) atoms. The molecule has 0 saturated heterocycles. The molecule has 1 N–H and O–H groups in total. The predicted molar refractivity (Wildman–Crippen MR) is 84.1 cm³/mol. The van der Waals surface area contributed by atoms with Crippen LogP contribution in [0.2, 0.25) is 0 Å². The fourth-order valence-corrected chi connectivity index (χ4v) is 2.32. The number of benzene rings is 1. The van der Waals surface area contributed by atoms with Crippen molar-refractivity contribution in [2.75, 3.05) is 6.54 Å². The van der Waals surface area contributed by atoms with Gasteiger partial charge in [0.1, 0.15) is 0 Å². The highest BCUT2D eigenvalue weighted by atomic mass is 16.4. The maximum atomic E-state index is 5.79. The van der Waals surface area contributed by atoms with Crippen molar-refractivity contribution in [3.63, 3.8) is 0 Å². The molecule has 0 radical (unpaired) electrons. The van der Waals surface area contributed by atoms with Crippen LogP contribution in [0.1, 0.15) is 56.5 Å². The van der Waals surface area contributed by atoms with Gasteiger partial charge < -0.3 is 9.73 Å². The molecule has 0 amide bonds. The SMILES string of the molecule is CCCNC(CC)c1nnc(CCCc2ccccc2)o1. The van der Waals surface area contributed by atoms with E-state index in [2.05, 4.69) is 53.6 Å². The van der Waals surface area contributed by atoms with Crippen LogP contribution in [0.3, 0.4) is 0 Å². The van der Waals surface area contributed by atoms with Gasteiger partial charge in [-0.05, 0) is 37.8 Å². The molecule has 1 heterocycles. The van der Waals surface area contributed by atoms with Crippen LogP contribution >= 0.6 is 0 Å². The summed E-state index contributed by atoms with van der Waals surface area (Å²) in [6.07, 6.45) is 4.99. The Labute approximate surface area is 127 Å². The molecule has 0 bridgehead atoms. The molecular formula is C17H25N3O. The number of nitrogens with one attached hydrogen (secondary N) is 1. The minimum atomic E-state index is 0.181. The van der Waals surface area contributed by atoms with Crippen molar-refractivity contribution in [1.29, 1.82) is 0 Å². The van der Waals surface area contributed by atoms with Gasteiger partial charge in [0.25, 0.3) is 0 Å². The number of hydrogen-bond donors (Lipinski definition) is 1. The lowest BCUT2D eigenvalue weighted by molar-refractivity contribution is 0.371. The summed E-state index contributed by atoms with van der Waals surface area (Å²) in [5.41, 5.74) is 1.35. The second-order valence-corrected chi connectivity index (χ2v) is 5.29. The van der Waals surface area contributed by atoms with Gasteiger partial charge in [-0.25, -0.2) is 0 Å². The van der Waals surface area contributed by atoms with E-state index in [1.807, 2.05) is 6.07 Å². The third-order valence-corrected chi connectivity index (χ3v) is 3.53. The zero-order chi connectivity index (χ0) is 14.9. The largest absolute Gasteiger partial charge is 0.424 e. The van der Waals surface area contributed by atoms with E-state index in [1.165, 1.54) is 5.56 Å². The van der Waals surface area contributed by atoms with Crippen molar-refractivity contribution in [2.24, 2.45) is 0 Å². The van der Waals surface area contributed by atoms with Crippen molar-refractivity contribution >= 4 is 0 Å². The van der Waals surface area contributed by atoms with Crippen molar-refractivity contribution in [2.45, 2.75) is 52.0 Å². The number of aromatic nitrogens is 2. The summed E-state index contributed by atoms with van der Waals surface area (Å²) in [5, 5.41) is 11.8. The Hall–Kier alpha value is -1.68. The lowest BCUT2D eigenvalue weighted by atomic mass is 10.1. The van der Waals surface area contributed by atoms with E-state index in [1.54, 1.807) is 0 Å². The zero-order valence-corrected chi connectivity index (χ0v) is 13.0. The second kappa shape index (κ2) is 8.57. The van der Waals surface area contributed by atoms with Gasteiger partial charge in [-0.3, -0.25) is 0 Å². The summed E-state index contributed by atoms with van der Waals surface area (Å²) in [6, 6.07) is 10.7. The fraction of sp³-hybridized carbons (Fsp3) is 0.529. The van der Waals surface area contributed by atoms with Crippen molar-refractivity contribution < 1.29 is 4.42 Å². The van der Waals surface area contributed by atoms with Gasteiger partial charge in [-0.1, -0.05) is 44.2 Å². The van der Waals surface area contributed by atoms with Gasteiger partial charge in [0, 0.05) is 6.42 Å². The van der Waals surface area contributed by atoms with Gasteiger partial charge in [0.2, 0.25) is 11.8 Å². The first kappa shape index (κ1) is 15.7. The van der Waals surface area contributed by atoms with Crippen LogP contribution in [0.5, 0.6) is 0 Å². The van der Waals surface area contributed by atoms with Crippen LogP contribution in [-0.4, -0.2) is 16.7 Å². The smallest absolute Gasteiger partial charge is 0.233 e. The van der Waals surface area contributed by atoms with Crippen LogP contribution < -0.4 is 5.32 Å². The first-order valence-corrected chi connectivity index (χ1v) is 7.93. The maximum absolute atomic E-state index is 5.79. The number of aryl methyl sites for hydroxylation is 2.